The van der Waals surface area contributed by atoms with Crippen LogP contribution in [0.5, 0.6) is 0 Å². The van der Waals surface area contributed by atoms with Crippen LogP contribution in [0.1, 0.15) is 11.5 Å². The van der Waals surface area contributed by atoms with Crippen LogP contribution in [0, 0.1) is 6.92 Å². The molecule has 0 aliphatic heterocycles. The fourth-order valence-corrected chi connectivity index (χ4v) is 2.29. The molecule has 3 aromatic rings. The molecule has 7 heteroatoms. The fraction of sp³-hybridized carbons (Fsp3) is 0.214. The Kier molecular flexibility index (Phi) is 3.41. The minimum absolute atomic E-state index is 0.165. The van der Waals surface area contributed by atoms with Crippen LogP contribution in [-0.4, -0.2) is 30.8 Å². The van der Waals surface area contributed by atoms with Crippen LogP contribution < -0.4 is 5.32 Å². The van der Waals surface area contributed by atoms with Crippen LogP contribution in [0.2, 0.25) is 0 Å². The van der Waals surface area contributed by atoms with E-state index in [1.54, 1.807) is 0 Å². The van der Waals surface area contributed by atoms with Crippen LogP contribution in [0.3, 0.4) is 0 Å². The molecule has 0 aliphatic carbocycles. The van der Waals surface area contributed by atoms with Gasteiger partial charge in [-0.15, -0.1) is 5.10 Å². The molecule has 2 heterocycles. The van der Waals surface area contributed by atoms with Crippen LogP contribution in [0.4, 0.5) is 5.95 Å². The lowest BCUT2D eigenvalue weighted by Gasteiger charge is -2.07. The number of nitrogens with one attached hydrogen (secondary N) is 2. The normalized spacial score (nSPS) is 11.0. The second kappa shape index (κ2) is 5.37. The number of aryl methyl sites for hydroxylation is 1. The highest BCUT2D eigenvalue weighted by molar-refractivity contribution is 5.90. The van der Waals surface area contributed by atoms with Gasteiger partial charge in [0.1, 0.15) is 13.2 Å². The number of aromatic nitrogens is 4. The summed E-state index contributed by atoms with van der Waals surface area (Å²) in [7, 11) is 0. The second-order valence-corrected chi connectivity index (χ2v) is 4.74. The SMILES string of the molecule is Cc1cc2ccccc2n1CC(=O)Nc1n[nH]c(CO)n1. The van der Waals surface area contributed by atoms with Crippen LogP contribution in [0.15, 0.2) is 30.3 Å². The third kappa shape index (κ3) is 2.63. The maximum atomic E-state index is 12.1. The van der Waals surface area contributed by atoms with E-state index in [1.807, 2.05) is 41.8 Å². The van der Waals surface area contributed by atoms with Gasteiger partial charge >= 0.3 is 0 Å². The molecule has 0 fully saturated rings. The Balaban J connectivity index is 1.78. The minimum Gasteiger partial charge on any atom is -0.388 e. The zero-order valence-corrected chi connectivity index (χ0v) is 11.5. The summed E-state index contributed by atoms with van der Waals surface area (Å²) in [4.78, 5) is 16.0. The van der Waals surface area contributed by atoms with E-state index in [-0.39, 0.29) is 25.0 Å². The Hall–Kier alpha value is -2.67. The number of nitrogens with zero attached hydrogens (tertiary/aromatic N) is 3. The first-order valence-electron chi connectivity index (χ1n) is 6.54. The summed E-state index contributed by atoms with van der Waals surface area (Å²) in [6, 6.07) is 9.94. The van der Waals surface area contributed by atoms with E-state index in [4.69, 9.17) is 5.11 Å². The molecule has 7 nitrogen and oxygen atoms in total. The lowest BCUT2D eigenvalue weighted by atomic mass is 10.2. The Morgan fingerprint density at radius 1 is 1.43 bits per heavy atom. The highest BCUT2D eigenvalue weighted by Crippen LogP contribution is 2.19. The molecule has 0 saturated carbocycles. The van der Waals surface area contributed by atoms with Gasteiger partial charge in [-0.05, 0) is 24.4 Å². The van der Waals surface area contributed by atoms with Crippen molar-refractivity contribution in [1.29, 1.82) is 0 Å². The van der Waals surface area contributed by atoms with Crippen LogP contribution in [0.25, 0.3) is 10.9 Å². The van der Waals surface area contributed by atoms with Gasteiger partial charge in [0.05, 0.1) is 0 Å². The monoisotopic (exact) mass is 285 g/mol. The predicted octanol–water partition coefficient (Wildman–Crippen LogP) is 1.20. The van der Waals surface area contributed by atoms with Crippen molar-refractivity contribution >= 4 is 22.8 Å². The van der Waals surface area contributed by atoms with E-state index in [2.05, 4.69) is 20.5 Å². The third-order valence-corrected chi connectivity index (χ3v) is 3.25. The molecule has 0 atom stereocenters. The first kappa shape index (κ1) is 13.3. The molecule has 1 aromatic carbocycles. The Bertz CT molecular complexity index is 790. The first-order valence-corrected chi connectivity index (χ1v) is 6.54. The standard InChI is InChI=1S/C14H15N5O2/c1-9-6-10-4-2-3-5-11(10)19(9)7-13(21)16-14-15-12(8-20)17-18-14/h2-6,20H,7-8H2,1H3,(H2,15,16,17,18,21). The van der Waals surface area contributed by atoms with Crippen molar-refractivity contribution in [3.05, 3.63) is 41.9 Å². The van der Waals surface area contributed by atoms with E-state index in [1.165, 1.54) is 0 Å². The topological polar surface area (TPSA) is 95.8 Å². The average molecular weight is 285 g/mol. The smallest absolute Gasteiger partial charge is 0.248 e. The molecule has 0 bridgehead atoms. The van der Waals surface area contributed by atoms with E-state index < -0.39 is 0 Å². The number of rotatable bonds is 4. The average Bonchev–Trinajstić information content (AvgIpc) is 3.04. The molecule has 1 amide bonds. The molecule has 3 N–H and O–H groups in total. The van der Waals surface area contributed by atoms with Crippen molar-refractivity contribution in [1.82, 2.24) is 19.7 Å². The molecule has 0 radical (unpaired) electrons. The number of hydrogen-bond acceptors (Lipinski definition) is 4. The summed E-state index contributed by atoms with van der Waals surface area (Å²) in [5.41, 5.74) is 2.02. The number of amides is 1. The molecular formula is C14H15N5O2. The van der Waals surface area contributed by atoms with Gasteiger partial charge in [-0.3, -0.25) is 15.2 Å². The first-order chi connectivity index (χ1) is 10.2. The lowest BCUT2D eigenvalue weighted by Crippen LogP contribution is -2.20. The number of H-pyrrole nitrogens is 1. The number of carbonyl (C=O) groups is 1. The molecule has 2 aromatic heterocycles. The number of aromatic amines is 1. The van der Waals surface area contributed by atoms with Crippen molar-refractivity contribution in [2.45, 2.75) is 20.1 Å². The Labute approximate surface area is 120 Å². The van der Waals surface area contributed by atoms with Crippen molar-refractivity contribution in [3.63, 3.8) is 0 Å². The molecule has 0 unspecified atom stereocenters. The molecular weight excluding hydrogens is 270 g/mol. The molecule has 0 saturated heterocycles. The summed E-state index contributed by atoms with van der Waals surface area (Å²) >= 11 is 0. The van der Waals surface area contributed by atoms with E-state index in [9.17, 15) is 4.79 Å². The van der Waals surface area contributed by atoms with Gasteiger partial charge in [0.15, 0.2) is 5.82 Å². The van der Waals surface area contributed by atoms with Gasteiger partial charge in [-0.2, -0.15) is 4.98 Å². The predicted molar refractivity (Wildman–Crippen MR) is 77.6 cm³/mol. The summed E-state index contributed by atoms with van der Waals surface area (Å²) in [5, 5.41) is 18.9. The third-order valence-electron chi connectivity index (χ3n) is 3.25. The number of carbonyl (C=O) groups excluding carboxylic acids is 1. The van der Waals surface area contributed by atoms with Crippen molar-refractivity contribution in [2.24, 2.45) is 0 Å². The largest absolute Gasteiger partial charge is 0.388 e. The second-order valence-electron chi connectivity index (χ2n) is 4.74. The van der Waals surface area contributed by atoms with Gasteiger partial charge in [-0.25, -0.2) is 0 Å². The van der Waals surface area contributed by atoms with Gasteiger partial charge in [0, 0.05) is 11.2 Å². The van der Waals surface area contributed by atoms with Gasteiger partial charge in [0.2, 0.25) is 11.9 Å². The highest BCUT2D eigenvalue weighted by atomic mass is 16.3. The van der Waals surface area contributed by atoms with Crippen LogP contribution >= 0.6 is 0 Å². The quantitative estimate of drug-likeness (QED) is 0.671. The lowest BCUT2D eigenvalue weighted by molar-refractivity contribution is -0.116. The minimum atomic E-state index is -0.246. The number of aliphatic hydroxyl groups excluding tert-OH is 1. The number of hydrogen-bond donors (Lipinski definition) is 3. The fourth-order valence-electron chi connectivity index (χ4n) is 2.29. The van der Waals surface area contributed by atoms with Crippen molar-refractivity contribution in [2.75, 3.05) is 5.32 Å². The maximum absolute atomic E-state index is 12.1. The molecule has 3 rings (SSSR count). The van der Waals surface area contributed by atoms with Gasteiger partial charge in [-0.1, -0.05) is 18.2 Å². The van der Waals surface area contributed by atoms with E-state index in [0.717, 1.165) is 16.6 Å². The van der Waals surface area contributed by atoms with E-state index >= 15 is 0 Å². The highest BCUT2D eigenvalue weighted by Gasteiger charge is 2.11. The number of para-hydroxylation sites is 1. The number of fused-ring (bicyclic) bond motifs is 1. The summed E-state index contributed by atoms with van der Waals surface area (Å²) in [6.07, 6.45) is 0. The zero-order chi connectivity index (χ0) is 14.8. The molecule has 0 aliphatic rings. The van der Waals surface area contributed by atoms with Crippen molar-refractivity contribution in [3.8, 4) is 0 Å². The van der Waals surface area contributed by atoms with Gasteiger partial charge < -0.3 is 9.67 Å². The van der Waals surface area contributed by atoms with E-state index in [0.29, 0.717) is 5.82 Å². The van der Waals surface area contributed by atoms with Crippen LogP contribution in [-0.2, 0) is 17.9 Å². The number of benzene rings is 1. The molecule has 0 spiro atoms. The maximum Gasteiger partial charge on any atom is 0.248 e. The summed E-state index contributed by atoms with van der Waals surface area (Å²) in [6.45, 7) is 1.90. The number of anilines is 1. The summed E-state index contributed by atoms with van der Waals surface area (Å²) < 4.78 is 1.93. The van der Waals surface area contributed by atoms with Gasteiger partial charge in [0.25, 0.3) is 0 Å². The molecule has 21 heavy (non-hydrogen) atoms. The zero-order valence-electron chi connectivity index (χ0n) is 11.5. The summed E-state index contributed by atoms with van der Waals surface area (Å²) in [5.74, 6) is 0.258. The Morgan fingerprint density at radius 3 is 3.00 bits per heavy atom. The molecule has 108 valence electrons. The number of aliphatic hydroxyl groups is 1. The Morgan fingerprint density at radius 2 is 2.24 bits per heavy atom. The van der Waals surface area contributed by atoms with Crippen molar-refractivity contribution < 1.29 is 9.90 Å².